The summed E-state index contributed by atoms with van der Waals surface area (Å²) in [5, 5.41) is 3.32. The molecule has 0 aromatic carbocycles. The Morgan fingerprint density at radius 3 is 2.04 bits per heavy atom. The average molecular weight is 377 g/mol. The molecule has 0 aromatic heterocycles. The summed E-state index contributed by atoms with van der Waals surface area (Å²) in [5.74, 6) is 0.195. The Hall–Kier alpha value is -1.05. The monoisotopic (exact) mass is 376 g/mol. The van der Waals surface area contributed by atoms with E-state index in [2.05, 4.69) is 5.32 Å². The lowest BCUT2D eigenvalue weighted by Gasteiger charge is -2.43. The molecule has 3 amide bonds. The molecule has 0 unspecified atom stereocenters. The van der Waals surface area contributed by atoms with Crippen molar-refractivity contribution < 1.29 is 14.3 Å². The number of rotatable bonds is 5. The second-order valence-corrected chi connectivity index (χ2v) is 6.70. The molecule has 146 valence electrons. The largest absolute Gasteiger partial charge is 0.384 e. The zero-order valence-corrected chi connectivity index (χ0v) is 16.6. The van der Waals surface area contributed by atoms with E-state index >= 15 is 0 Å². The molecule has 2 rings (SSSR count). The first-order chi connectivity index (χ1) is 11.6. The van der Waals surface area contributed by atoms with E-state index < -0.39 is 5.41 Å². The highest BCUT2D eigenvalue weighted by Crippen LogP contribution is 2.32. The van der Waals surface area contributed by atoms with E-state index in [0.717, 1.165) is 39.0 Å². The number of urea groups is 1. The van der Waals surface area contributed by atoms with E-state index in [-0.39, 0.29) is 24.3 Å². The highest BCUT2D eigenvalue weighted by molar-refractivity contribution is 5.85. The van der Waals surface area contributed by atoms with E-state index in [1.165, 1.54) is 0 Å². The molecule has 0 aliphatic carbocycles. The standard InChI is InChI=1S/C17H32N4O3.ClH/c1-4-19(5-2)16(23)21-12-10-20(11-13-21)15(22)17(14-24-3)6-8-18-9-7-17;/h18H,4-14H2,1-3H3;1H. The van der Waals surface area contributed by atoms with Gasteiger partial charge < -0.3 is 24.8 Å². The molecule has 0 saturated carbocycles. The van der Waals surface area contributed by atoms with Crippen molar-refractivity contribution in [3.63, 3.8) is 0 Å². The first-order valence-corrected chi connectivity index (χ1v) is 9.11. The summed E-state index contributed by atoms with van der Waals surface area (Å²) in [6.07, 6.45) is 1.64. The molecule has 2 heterocycles. The molecule has 0 radical (unpaired) electrons. The summed E-state index contributed by atoms with van der Waals surface area (Å²) >= 11 is 0. The number of piperidine rings is 1. The molecular weight excluding hydrogens is 344 g/mol. The number of methoxy groups -OCH3 is 1. The van der Waals surface area contributed by atoms with Crippen LogP contribution in [0.4, 0.5) is 4.79 Å². The number of halogens is 1. The molecule has 0 aromatic rings. The van der Waals surface area contributed by atoms with Crippen LogP contribution < -0.4 is 5.32 Å². The van der Waals surface area contributed by atoms with E-state index in [0.29, 0.717) is 32.8 Å². The van der Waals surface area contributed by atoms with Crippen LogP contribution in [0.25, 0.3) is 0 Å². The molecule has 7 nitrogen and oxygen atoms in total. The van der Waals surface area contributed by atoms with Crippen LogP contribution in [0.3, 0.4) is 0 Å². The Morgan fingerprint density at radius 1 is 1.04 bits per heavy atom. The van der Waals surface area contributed by atoms with Gasteiger partial charge in [0, 0.05) is 46.4 Å². The lowest BCUT2D eigenvalue weighted by molar-refractivity contribution is -0.149. The van der Waals surface area contributed by atoms with Crippen molar-refractivity contribution in [1.29, 1.82) is 0 Å². The van der Waals surface area contributed by atoms with Crippen molar-refractivity contribution in [3.8, 4) is 0 Å². The number of piperazine rings is 1. The van der Waals surface area contributed by atoms with Gasteiger partial charge in [-0.2, -0.15) is 0 Å². The van der Waals surface area contributed by atoms with Gasteiger partial charge in [0.25, 0.3) is 0 Å². The number of hydrogen-bond donors (Lipinski definition) is 1. The zero-order valence-electron chi connectivity index (χ0n) is 15.8. The van der Waals surface area contributed by atoms with Crippen molar-refractivity contribution in [3.05, 3.63) is 0 Å². The van der Waals surface area contributed by atoms with Crippen LogP contribution in [-0.4, -0.2) is 92.7 Å². The fourth-order valence-electron chi connectivity index (χ4n) is 3.73. The summed E-state index contributed by atoms with van der Waals surface area (Å²) < 4.78 is 5.37. The Bertz CT molecular complexity index is 426. The van der Waals surface area contributed by atoms with Crippen molar-refractivity contribution >= 4 is 24.3 Å². The van der Waals surface area contributed by atoms with Gasteiger partial charge in [0.2, 0.25) is 5.91 Å². The van der Waals surface area contributed by atoms with Crippen molar-refractivity contribution in [1.82, 2.24) is 20.0 Å². The van der Waals surface area contributed by atoms with E-state index in [1.807, 2.05) is 28.5 Å². The number of carbonyl (C=O) groups is 2. The molecular formula is C17H33ClN4O3. The van der Waals surface area contributed by atoms with Crippen LogP contribution in [0.1, 0.15) is 26.7 Å². The molecule has 1 N–H and O–H groups in total. The van der Waals surface area contributed by atoms with Crippen molar-refractivity contribution in [2.24, 2.45) is 5.41 Å². The van der Waals surface area contributed by atoms with Gasteiger partial charge in [0.15, 0.2) is 0 Å². The van der Waals surface area contributed by atoms with Gasteiger partial charge in [0.05, 0.1) is 12.0 Å². The third-order valence-electron chi connectivity index (χ3n) is 5.31. The number of nitrogens with one attached hydrogen (secondary N) is 1. The van der Waals surface area contributed by atoms with Crippen LogP contribution in [0.15, 0.2) is 0 Å². The highest BCUT2D eigenvalue weighted by atomic mass is 35.5. The first kappa shape index (κ1) is 22.0. The molecule has 2 fully saturated rings. The smallest absolute Gasteiger partial charge is 0.320 e. The summed E-state index contributed by atoms with van der Waals surface area (Å²) in [6.45, 7) is 10.1. The van der Waals surface area contributed by atoms with E-state index in [1.54, 1.807) is 7.11 Å². The molecule has 0 atom stereocenters. The van der Waals surface area contributed by atoms with E-state index in [4.69, 9.17) is 4.74 Å². The van der Waals surface area contributed by atoms with Crippen LogP contribution in [-0.2, 0) is 9.53 Å². The lowest BCUT2D eigenvalue weighted by atomic mass is 9.78. The SMILES string of the molecule is CCN(CC)C(=O)N1CCN(C(=O)C2(COC)CCNCC2)CC1.Cl. The van der Waals surface area contributed by atoms with Gasteiger partial charge in [-0.25, -0.2) is 4.79 Å². The van der Waals surface area contributed by atoms with Crippen molar-refractivity contribution in [2.75, 3.05) is 66.1 Å². The Labute approximate surface area is 157 Å². The van der Waals surface area contributed by atoms with Gasteiger partial charge in [-0.05, 0) is 39.8 Å². The summed E-state index contributed by atoms with van der Waals surface area (Å²) in [5.41, 5.74) is -0.398. The number of amides is 3. The molecule has 25 heavy (non-hydrogen) atoms. The van der Waals surface area contributed by atoms with E-state index in [9.17, 15) is 9.59 Å². The normalized spacial score (nSPS) is 20.0. The second kappa shape index (κ2) is 10.2. The maximum atomic E-state index is 13.1. The Morgan fingerprint density at radius 2 is 1.56 bits per heavy atom. The second-order valence-electron chi connectivity index (χ2n) is 6.70. The van der Waals surface area contributed by atoms with Crippen LogP contribution in [0.2, 0.25) is 0 Å². The van der Waals surface area contributed by atoms with Gasteiger partial charge in [-0.15, -0.1) is 12.4 Å². The van der Waals surface area contributed by atoms with Gasteiger partial charge in [-0.3, -0.25) is 4.79 Å². The van der Waals surface area contributed by atoms with Crippen LogP contribution >= 0.6 is 12.4 Å². The van der Waals surface area contributed by atoms with Gasteiger partial charge >= 0.3 is 6.03 Å². The molecule has 0 spiro atoms. The zero-order chi connectivity index (χ0) is 17.6. The third-order valence-corrected chi connectivity index (χ3v) is 5.31. The number of ether oxygens (including phenoxy) is 1. The van der Waals surface area contributed by atoms with Crippen LogP contribution in [0, 0.1) is 5.41 Å². The Kier molecular flexibility index (Phi) is 8.96. The summed E-state index contributed by atoms with van der Waals surface area (Å²) in [6, 6.07) is 0.0839. The predicted molar refractivity (Wildman–Crippen MR) is 100 cm³/mol. The molecule has 2 saturated heterocycles. The van der Waals surface area contributed by atoms with Gasteiger partial charge in [0.1, 0.15) is 0 Å². The minimum Gasteiger partial charge on any atom is -0.384 e. The fraction of sp³-hybridized carbons (Fsp3) is 0.882. The molecule has 0 bridgehead atoms. The number of carbonyl (C=O) groups excluding carboxylic acids is 2. The maximum absolute atomic E-state index is 13.1. The highest BCUT2D eigenvalue weighted by Gasteiger charge is 2.43. The summed E-state index contributed by atoms with van der Waals surface area (Å²) in [7, 11) is 1.66. The topological polar surface area (TPSA) is 65.1 Å². The maximum Gasteiger partial charge on any atom is 0.320 e. The quantitative estimate of drug-likeness (QED) is 0.778. The lowest BCUT2D eigenvalue weighted by Crippen LogP contribution is -2.58. The Balaban J connectivity index is 0.00000312. The fourth-order valence-corrected chi connectivity index (χ4v) is 3.73. The number of hydrogen-bond acceptors (Lipinski definition) is 4. The number of nitrogens with zero attached hydrogens (tertiary/aromatic N) is 3. The minimum atomic E-state index is -0.398. The molecule has 2 aliphatic heterocycles. The summed E-state index contributed by atoms with van der Waals surface area (Å²) in [4.78, 5) is 31.1. The third kappa shape index (κ3) is 4.99. The van der Waals surface area contributed by atoms with Gasteiger partial charge in [-0.1, -0.05) is 0 Å². The minimum absolute atomic E-state index is 0. The predicted octanol–water partition coefficient (Wildman–Crippen LogP) is 1.03. The average Bonchev–Trinajstić information content (AvgIpc) is 2.63. The first-order valence-electron chi connectivity index (χ1n) is 9.11. The van der Waals surface area contributed by atoms with Crippen molar-refractivity contribution in [2.45, 2.75) is 26.7 Å². The van der Waals surface area contributed by atoms with Crippen LogP contribution in [0.5, 0.6) is 0 Å². The molecule has 8 heteroatoms. The molecule has 2 aliphatic rings.